The molecule has 0 radical (unpaired) electrons. The van der Waals surface area contributed by atoms with Gasteiger partial charge in [0.15, 0.2) is 0 Å². The van der Waals surface area contributed by atoms with Crippen molar-refractivity contribution < 1.29 is 9.90 Å². The topological polar surface area (TPSA) is 61.4 Å². The fourth-order valence-corrected chi connectivity index (χ4v) is 3.59. The van der Waals surface area contributed by atoms with Crippen molar-refractivity contribution >= 4 is 17.8 Å². The molecular formula is C14H28N2O2S. The van der Waals surface area contributed by atoms with E-state index in [-0.39, 0.29) is 30.6 Å². The van der Waals surface area contributed by atoms with Crippen LogP contribution >= 0.6 is 11.8 Å². The minimum Gasteiger partial charge on any atom is -0.396 e. The van der Waals surface area contributed by atoms with Crippen LogP contribution in [-0.4, -0.2) is 40.8 Å². The van der Waals surface area contributed by atoms with E-state index in [1.807, 2.05) is 25.6 Å². The van der Waals surface area contributed by atoms with Crippen LogP contribution in [0.2, 0.25) is 0 Å². The van der Waals surface area contributed by atoms with Crippen molar-refractivity contribution in [2.24, 2.45) is 5.92 Å². The van der Waals surface area contributed by atoms with E-state index in [1.54, 1.807) is 0 Å². The minimum absolute atomic E-state index is 0.00845. The normalized spacial score (nSPS) is 26.5. The molecule has 0 bridgehead atoms. The molecule has 1 rings (SSSR count). The third-order valence-corrected chi connectivity index (χ3v) is 5.23. The first kappa shape index (κ1) is 16.6. The highest BCUT2D eigenvalue weighted by molar-refractivity contribution is 7.99. The molecule has 0 aromatic carbocycles. The molecule has 2 amide bonds. The molecule has 112 valence electrons. The van der Waals surface area contributed by atoms with Gasteiger partial charge in [0, 0.05) is 23.9 Å². The second-order valence-electron chi connectivity index (χ2n) is 5.45. The summed E-state index contributed by atoms with van der Waals surface area (Å²) in [5, 5.41) is 15.7. The summed E-state index contributed by atoms with van der Waals surface area (Å²) in [5.41, 5.74) is 0. The van der Waals surface area contributed by atoms with Gasteiger partial charge in [-0.1, -0.05) is 26.7 Å². The van der Waals surface area contributed by atoms with Crippen molar-refractivity contribution in [3.8, 4) is 0 Å². The van der Waals surface area contributed by atoms with Crippen molar-refractivity contribution in [3.05, 3.63) is 0 Å². The van der Waals surface area contributed by atoms with Gasteiger partial charge in [-0.05, 0) is 31.4 Å². The van der Waals surface area contributed by atoms with Gasteiger partial charge in [0.25, 0.3) is 0 Å². The number of aliphatic hydroxyl groups is 1. The van der Waals surface area contributed by atoms with Crippen molar-refractivity contribution in [3.63, 3.8) is 0 Å². The minimum atomic E-state index is -0.0959. The second kappa shape index (κ2) is 8.69. The number of carbonyl (C=O) groups is 1. The molecule has 0 aromatic heterocycles. The first-order valence-electron chi connectivity index (χ1n) is 7.38. The summed E-state index contributed by atoms with van der Waals surface area (Å²) in [4.78, 5) is 12.0. The number of thioether (sulfide) groups is 1. The molecule has 19 heavy (non-hydrogen) atoms. The summed E-state index contributed by atoms with van der Waals surface area (Å²) in [6, 6.07) is 0.183. The zero-order chi connectivity index (χ0) is 14.3. The van der Waals surface area contributed by atoms with Crippen LogP contribution in [0.3, 0.4) is 0 Å². The number of amides is 2. The number of carbonyl (C=O) groups excluding carboxylic acids is 1. The van der Waals surface area contributed by atoms with Crippen LogP contribution < -0.4 is 10.6 Å². The van der Waals surface area contributed by atoms with Crippen LogP contribution in [0.1, 0.15) is 46.5 Å². The van der Waals surface area contributed by atoms with E-state index in [0.717, 1.165) is 12.2 Å². The molecule has 0 saturated heterocycles. The lowest BCUT2D eigenvalue weighted by Crippen LogP contribution is -2.51. The van der Waals surface area contributed by atoms with Gasteiger partial charge in [-0.3, -0.25) is 0 Å². The number of hydrogen-bond acceptors (Lipinski definition) is 3. The van der Waals surface area contributed by atoms with E-state index in [0.29, 0.717) is 5.25 Å². The summed E-state index contributed by atoms with van der Waals surface area (Å²) in [6.45, 7) is 6.13. The Morgan fingerprint density at radius 2 is 2.05 bits per heavy atom. The Morgan fingerprint density at radius 1 is 1.37 bits per heavy atom. The summed E-state index contributed by atoms with van der Waals surface area (Å²) < 4.78 is 0. The summed E-state index contributed by atoms with van der Waals surface area (Å²) in [5.74, 6) is 1.18. The predicted octanol–water partition coefficient (Wildman–Crippen LogP) is 2.37. The number of hydrogen-bond donors (Lipinski definition) is 3. The third-order valence-electron chi connectivity index (χ3n) is 3.90. The maximum atomic E-state index is 12.0. The van der Waals surface area contributed by atoms with Gasteiger partial charge >= 0.3 is 6.03 Å². The maximum absolute atomic E-state index is 12.0. The average molecular weight is 288 g/mol. The Hall–Kier alpha value is -0.420. The molecule has 5 heteroatoms. The number of rotatable bonds is 6. The molecule has 4 unspecified atom stereocenters. The molecular weight excluding hydrogens is 260 g/mol. The third kappa shape index (κ3) is 5.61. The Bertz CT molecular complexity index is 274. The van der Waals surface area contributed by atoms with Crippen molar-refractivity contribution in [1.82, 2.24) is 10.6 Å². The number of urea groups is 1. The van der Waals surface area contributed by atoms with Crippen LogP contribution in [0.15, 0.2) is 0 Å². The molecule has 4 atom stereocenters. The first-order valence-corrected chi connectivity index (χ1v) is 8.42. The van der Waals surface area contributed by atoms with Crippen LogP contribution in [0.25, 0.3) is 0 Å². The van der Waals surface area contributed by atoms with Crippen LogP contribution in [-0.2, 0) is 0 Å². The largest absolute Gasteiger partial charge is 0.396 e. The molecule has 0 aliphatic heterocycles. The summed E-state index contributed by atoms with van der Waals surface area (Å²) in [6.07, 6.45) is 4.75. The first-order chi connectivity index (χ1) is 9.08. The van der Waals surface area contributed by atoms with E-state index < -0.39 is 0 Å². The van der Waals surface area contributed by atoms with Gasteiger partial charge in [0.1, 0.15) is 0 Å². The molecule has 1 saturated carbocycles. The molecule has 0 spiro atoms. The van der Waals surface area contributed by atoms with Crippen LogP contribution in [0.4, 0.5) is 4.79 Å². The lowest BCUT2D eigenvalue weighted by Gasteiger charge is -2.32. The average Bonchev–Trinajstić information content (AvgIpc) is 2.40. The molecule has 1 aliphatic rings. The Labute approximate surface area is 121 Å². The molecule has 3 N–H and O–H groups in total. The van der Waals surface area contributed by atoms with Crippen LogP contribution in [0.5, 0.6) is 0 Å². The fourth-order valence-electron chi connectivity index (χ4n) is 2.39. The molecule has 1 fully saturated rings. The monoisotopic (exact) mass is 288 g/mol. The molecule has 0 heterocycles. The zero-order valence-corrected chi connectivity index (χ0v) is 13.1. The highest BCUT2D eigenvalue weighted by Gasteiger charge is 2.26. The molecule has 1 aliphatic carbocycles. The van der Waals surface area contributed by atoms with Gasteiger partial charge in [-0.2, -0.15) is 11.8 Å². The van der Waals surface area contributed by atoms with Crippen LogP contribution in [0, 0.1) is 5.92 Å². The quantitative estimate of drug-likeness (QED) is 0.703. The maximum Gasteiger partial charge on any atom is 0.315 e. The van der Waals surface area contributed by atoms with E-state index in [9.17, 15) is 4.79 Å². The molecule has 0 aromatic rings. The second-order valence-corrected chi connectivity index (χ2v) is 6.97. The summed E-state index contributed by atoms with van der Waals surface area (Å²) in [7, 11) is 0. The lowest BCUT2D eigenvalue weighted by molar-refractivity contribution is 0.198. The fraction of sp³-hybridized carbons (Fsp3) is 0.929. The SMILES string of the molecule is CCSC1CCCCC1NC(=O)NC(C)C(C)CO. The molecule has 4 nitrogen and oxygen atoms in total. The Balaban J connectivity index is 2.41. The van der Waals surface area contributed by atoms with E-state index in [2.05, 4.69) is 17.6 Å². The van der Waals surface area contributed by atoms with E-state index >= 15 is 0 Å². The van der Waals surface area contributed by atoms with Crippen molar-refractivity contribution in [2.75, 3.05) is 12.4 Å². The van der Waals surface area contributed by atoms with Gasteiger partial charge in [0.05, 0.1) is 0 Å². The lowest BCUT2D eigenvalue weighted by atomic mass is 9.95. The highest BCUT2D eigenvalue weighted by atomic mass is 32.2. The smallest absolute Gasteiger partial charge is 0.315 e. The van der Waals surface area contributed by atoms with E-state index in [1.165, 1.54) is 19.3 Å². The van der Waals surface area contributed by atoms with E-state index in [4.69, 9.17) is 5.11 Å². The summed E-state index contributed by atoms with van der Waals surface area (Å²) >= 11 is 1.95. The zero-order valence-electron chi connectivity index (χ0n) is 12.3. The van der Waals surface area contributed by atoms with Crippen molar-refractivity contribution in [1.29, 1.82) is 0 Å². The van der Waals surface area contributed by atoms with Gasteiger partial charge in [0.2, 0.25) is 0 Å². The standard InChI is InChI=1S/C14H28N2O2S/c1-4-19-13-8-6-5-7-12(13)16-14(18)15-11(3)10(2)9-17/h10-13,17H,4-9H2,1-3H3,(H2,15,16,18). The highest BCUT2D eigenvalue weighted by Crippen LogP contribution is 2.28. The Kier molecular flexibility index (Phi) is 7.61. The van der Waals surface area contributed by atoms with Gasteiger partial charge < -0.3 is 15.7 Å². The number of aliphatic hydroxyl groups excluding tert-OH is 1. The van der Waals surface area contributed by atoms with Gasteiger partial charge in [-0.15, -0.1) is 0 Å². The Morgan fingerprint density at radius 3 is 2.68 bits per heavy atom. The van der Waals surface area contributed by atoms with Gasteiger partial charge in [-0.25, -0.2) is 4.79 Å². The van der Waals surface area contributed by atoms with Crippen molar-refractivity contribution in [2.45, 2.75) is 63.8 Å². The number of nitrogens with one attached hydrogen (secondary N) is 2. The predicted molar refractivity (Wildman–Crippen MR) is 81.6 cm³/mol.